The largest absolute Gasteiger partial charge is 0.481 e. The molecule has 4 heteroatoms. The molecule has 0 radical (unpaired) electrons. The van der Waals surface area contributed by atoms with Gasteiger partial charge in [-0.05, 0) is 50.4 Å². The van der Waals surface area contributed by atoms with Crippen molar-refractivity contribution in [3.63, 3.8) is 0 Å². The lowest BCUT2D eigenvalue weighted by Crippen LogP contribution is -2.41. The number of ether oxygens (including phenoxy) is 1. The second-order valence-electron chi connectivity index (χ2n) is 5.25. The zero-order chi connectivity index (χ0) is 13.7. The number of nitrogens with zero attached hydrogens (tertiary/aromatic N) is 2. The summed E-state index contributed by atoms with van der Waals surface area (Å²) in [5, 5.41) is 0. The van der Waals surface area contributed by atoms with Gasteiger partial charge < -0.3 is 10.5 Å². The Balaban J connectivity index is 2.22. The summed E-state index contributed by atoms with van der Waals surface area (Å²) in [6, 6.07) is 4.49. The summed E-state index contributed by atoms with van der Waals surface area (Å²) in [4.78, 5) is 6.91. The molecule has 1 saturated heterocycles. The normalized spacial score (nSPS) is 24.4. The number of likely N-dealkylation sites (tertiary alicyclic amines) is 1. The van der Waals surface area contributed by atoms with Crippen molar-refractivity contribution < 1.29 is 4.74 Å². The number of methoxy groups -OCH3 is 1. The van der Waals surface area contributed by atoms with Gasteiger partial charge in [-0.3, -0.25) is 4.90 Å². The first-order chi connectivity index (χ1) is 9.30. The van der Waals surface area contributed by atoms with Gasteiger partial charge in [-0.1, -0.05) is 13.0 Å². The molecule has 2 atom stereocenters. The van der Waals surface area contributed by atoms with Crippen LogP contribution in [0.1, 0.15) is 37.8 Å². The molecule has 1 aliphatic heterocycles. The highest BCUT2D eigenvalue weighted by molar-refractivity contribution is 5.22. The third-order valence-corrected chi connectivity index (χ3v) is 3.98. The predicted octanol–water partition coefficient (Wildman–Crippen LogP) is 2.21. The number of hydrogen-bond donors (Lipinski definition) is 1. The Bertz CT molecular complexity index is 377. The molecule has 1 aromatic rings. The molecular weight excluding hydrogens is 238 g/mol. The Morgan fingerprint density at radius 3 is 2.89 bits per heavy atom. The maximum absolute atomic E-state index is 5.97. The van der Waals surface area contributed by atoms with E-state index in [-0.39, 0.29) is 0 Å². The van der Waals surface area contributed by atoms with E-state index in [0.717, 1.165) is 13.1 Å². The summed E-state index contributed by atoms with van der Waals surface area (Å²) in [5.74, 6) is 1.21. The summed E-state index contributed by atoms with van der Waals surface area (Å²) in [6.07, 6.45) is 5.59. The number of hydrogen-bond acceptors (Lipinski definition) is 4. The molecule has 0 amide bonds. The van der Waals surface area contributed by atoms with Crippen LogP contribution in [-0.2, 0) is 0 Å². The van der Waals surface area contributed by atoms with Gasteiger partial charge in [0.2, 0.25) is 5.88 Å². The maximum Gasteiger partial charge on any atom is 0.212 e. The van der Waals surface area contributed by atoms with Crippen LogP contribution >= 0.6 is 0 Å². The zero-order valence-electron chi connectivity index (χ0n) is 12.0. The first kappa shape index (κ1) is 14.3. The Morgan fingerprint density at radius 2 is 2.32 bits per heavy atom. The fourth-order valence-electron chi connectivity index (χ4n) is 3.11. The first-order valence-corrected chi connectivity index (χ1v) is 7.24. The Kier molecular flexibility index (Phi) is 5.16. The van der Waals surface area contributed by atoms with E-state index in [9.17, 15) is 0 Å². The van der Waals surface area contributed by atoms with Gasteiger partial charge in [0.1, 0.15) is 0 Å². The number of piperidine rings is 1. The molecule has 1 aromatic heterocycles. The van der Waals surface area contributed by atoms with Gasteiger partial charge in [-0.25, -0.2) is 4.98 Å². The fraction of sp³-hybridized carbons (Fsp3) is 0.667. The fourth-order valence-corrected chi connectivity index (χ4v) is 3.11. The van der Waals surface area contributed by atoms with E-state index in [1.54, 1.807) is 7.11 Å². The van der Waals surface area contributed by atoms with E-state index in [4.69, 9.17) is 10.5 Å². The van der Waals surface area contributed by atoms with Crippen LogP contribution in [-0.4, -0.2) is 36.6 Å². The molecule has 2 unspecified atom stereocenters. The number of aromatic nitrogens is 1. The monoisotopic (exact) mass is 263 g/mol. The van der Waals surface area contributed by atoms with Crippen LogP contribution in [0, 0.1) is 5.92 Å². The average molecular weight is 263 g/mol. The van der Waals surface area contributed by atoms with Crippen molar-refractivity contribution in [3.8, 4) is 5.88 Å². The van der Waals surface area contributed by atoms with Crippen molar-refractivity contribution in [2.75, 3.05) is 26.7 Å². The second-order valence-corrected chi connectivity index (χ2v) is 5.25. The van der Waals surface area contributed by atoms with Crippen molar-refractivity contribution in [2.45, 2.75) is 32.2 Å². The molecule has 1 aliphatic rings. The molecule has 0 bridgehead atoms. The van der Waals surface area contributed by atoms with Gasteiger partial charge in [0.05, 0.1) is 7.11 Å². The van der Waals surface area contributed by atoms with E-state index in [1.165, 1.54) is 31.4 Å². The van der Waals surface area contributed by atoms with E-state index >= 15 is 0 Å². The third-order valence-electron chi connectivity index (χ3n) is 3.98. The SMILES string of the molecule is CCCN1CCCC(CN)C1c1ccc(OC)nc1. The van der Waals surface area contributed by atoms with Gasteiger partial charge in [0.25, 0.3) is 0 Å². The van der Waals surface area contributed by atoms with Crippen molar-refractivity contribution in [1.82, 2.24) is 9.88 Å². The van der Waals surface area contributed by atoms with Gasteiger partial charge in [-0.2, -0.15) is 0 Å². The number of nitrogens with two attached hydrogens (primary N) is 1. The minimum Gasteiger partial charge on any atom is -0.481 e. The lowest BCUT2D eigenvalue weighted by molar-refractivity contribution is 0.0957. The van der Waals surface area contributed by atoms with Gasteiger partial charge in [-0.15, -0.1) is 0 Å². The van der Waals surface area contributed by atoms with E-state index in [2.05, 4.69) is 22.9 Å². The smallest absolute Gasteiger partial charge is 0.212 e. The zero-order valence-corrected chi connectivity index (χ0v) is 12.0. The standard InChI is InChI=1S/C15H25N3O/c1-3-8-18-9-4-5-12(10-16)15(18)13-6-7-14(19-2)17-11-13/h6-7,11-12,15H,3-5,8-10,16H2,1-2H3. The molecule has 1 fully saturated rings. The number of rotatable bonds is 5. The van der Waals surface area contributed by atoms with Gasteiger partial charge in [0, 0.05) is 18.3 Å². The summed E-state index contributed by atoms with van der Waals surface area (Å²) < 4.78 is 5.13. The molecule has 0 aromatic carbocycles. The Morgan fingerprint density at radius 1 is 1.47 bits per heavy atom. The quantitative estimate of drug-likeness (QED) is 0.885. The summed E-state index contributed by atoms with van der Waals surface area (Å²) in [6.45, 7) is 5.28. The lowest BCUT2D eigenvalue weighted by atomic mass is 9.85. The Labute approximate surface area is 116 Å². The van der Waals surface area contributed by atoms with E-state index in [1.807, 2.05) is 12.3 Å². The van der Waals surface area contributed by atoms with Crippen LogP contribution in [0.4, 0.5) is 0 Å². The van der Waals surface area contributed by atoms with Crippen molar-refractivity contribution >= 4 is 0 Å². The van der Waals surface area contributed by atoms with E-state index < -0.39 is 0 Å². The topological polar surface area (TPSA) is 51.4 Å². The van der Waals surface area contributed by atoms with Crippen LogP contribution in [0.3, 0.4) is 0 Å². The molecule has 0 spiro atoms. The summed E-state index contributed by atoms with van der Waals surface area (Å²) in [7, 11) is 1.65. The molecule has 2 N–H and O–H groups in total. The summed E-state index contributed by atoms with van der Waals surface area (Å²) >= 11 is 0. The van der Waals surface area contributed by atoms with Crippen LogP contribution < -0.4 is 10.5 Å². The van der Waals surface area contributed by atoms with Crippen LogP contribution in [0.15, 0.2) is 18.3 Å². The Hall–Kier alpha value is -1.13. The molecule has 19 heavy (non-hydrogen) atoms. The molecule has 0 aliphatic carbocycles. The maximum atomic E-state index is 5.97. The highest BCUT2D eigenvalue weighted by Gasteiger charge is 2.31. The van der Waals surface area contributed by atoms with E-state index in [0.29, 0.717) is 17.8 Å². The van der Waals surface area contributed by atoms with Crippen molar-refractivity contribution in [1.29, 1.82) is 0 Å². The van der Waals surface area contributed by atoms with Crippen LogP contribution in [0.25, 0.3) is 0 Å². The molecule has 2 rings (SSSR count). The predicted molar refractivity (Wildman–Crippen MR) is 77.2 cm³/mol. The minimum absolute atomic E-state index is 0.414. The van der Waals surface area contributed by atoms with Crippen LogP contribution in [0.2, 0.25) is 0 Å². The molecule has 2 heterocycles. The third kappa shape index (κ3) is 3.25. The molecule has 4 nitrogen and oxygen atoms in total. The van der Waals surface area contributed by atoms with Crippen molar-refractivity contribution in [2.24, 2.45) is 11.7 Å². The highest BCUT2D eigenvalue weighted by atomic mass is 16.5. The molecule has 0 saturated carbocycles. The number of pyridine rings is 1. The summed E-state index contributed by atoms with van der Waals surface area (Å²) in [5.41, 5.74) is 7.24. The highest BCUT2D eigenvalue weighted by Crippen LogP contribution is 2.35. The van der Waals surface area contributed by atoms with Crippen LogP contribution in [0.5, 0.6) is 5.88 Å². The second kappa shape index (κ2) is 6.87. The molecule has 106 valence electrons. The minimum atomic E-state index is 0.414. The lowest BCUT2D eigenvalue weighted by Gasteiger charge is -2.41. The van der Waals surface area contributed by atoms with Gasteiger partial charge >= 0.3 is 0 Å². The first-order valence-electron chi connectivity index (χ1n) is 7.24. The van der Waals surface area contributed by atoms with Crippen molar-refractivity contribution in [3.05, 3.63) is 23.9 Å². The average Bonchev–Trinajstić information content (AvgIpc) is 2.47. The molecular formula is C15H25N3O. The van der Waals surface area contributed by atoms with Gasteiger partial charge in [0.15, 0.2) is 0 Å².